The molecule has 0 unspecified atom stereocenters. The quantitative estimate of drug-likeness (QED) is 0.665. The number of aliphatic hydroxyl groups excluding tert-OH is 1. The van der Waals surface area contributed by atoms with E-state index < -0.39 is 10.0 Å². The summed E-state index contributed by atoms with van der Waals surface area (Å²) in [6, 6.07) is 5.98. The smallest absolute Gasteiger partial charge is 0.251 e. The largest absolute Gasteiger partial charge is 0.395 e. The second kappa shape index (κ2) is 6.79. The van der Waals surface area contributed by atoms with Crippen molar-refractivity contribution in [1.82, 2.24) is 14.9 Å². The number of likely N-dealkylation sites (tertiary alicyclic amines) is 1. The number of rotatable bonds is 6. The molecule has 2 fully saturated rings. The number of nitrogens with one attached hydrogen (secondary N) is 2. The molecule has 1 saturated carbocycles. The number of carbonyl (C=O) groups is 1. The van der Waals surface area contributed by atoms with Crippen molar-refractivity contribution in [3.8, 4) is 0 Å². The summed E-state index contributed by atoms with van der Waals surface area (Å²) in [6.07, 6.45) is 2.59. The lowest BCUT2D eigenvalue weighted by Crippen LogP contribution is -2.36. The Balaban J connectivity index is 1.65. The van der Waals surface area contributed by atoms with Crippen molar-refractivity contribution in [2.45, 2.75) is 42.3 Å². The van der Waals surface area contributed by atoms with Gasteiger partial charge in [-0.15, -0.1) is 0 Å². The SMILES string of the molecule is CN1C[C@H](NS(=O)(=O)c2ccc(C(=O)NC3CC3)cc2)C[C@H]1CO. The van der Waals surface area contributed by atoms with Crippen LogP contribution in [0.5, 0.6) is 0 Å². The van der Waals surface area contributed by atoms with Crippen LogP contribution in [0.25, 0.3) is 0 Å². The Labute approximate surface area is 142 Å². The van der Waals surface area contributed by atoms with Gasteiger partial charge in [-0.25, -0.2) is 13.1 Å². The van der Waals surface area contributed by atoms with E-state index in [9.17, 15) is 18.3 Å². The Morgan fingerprint density at radius 1 is 1.25 bits per heavy atom. The van der Waals surface area contributed by atoms with Gasteiger partial charge in [-0.1, -0.05) is 0 Å². The molecule has 1 aliphatic heterocycles. The molecule has 2 aliphatic rings. The van der Waals surface area contributed by atoms with E-state index in [0.717, 1.165) is 12.8 Å². The van der Waals surface area contributed by atoms with Gasteiger partial charge in [0.15, 0.2) is 0 Å². The zero-order valence-electron chi connectivity index (χ0n) is 13.6. The number of nitrogens with zero attached hydrogens (tertiary/aromatic N) is 1. The summed E-state index contributed by atoms with van der Waals surface area (Å²) in [6.45, 7) is 0.575. The molecule has 1 saturated heterocycles. The van der Waals surface area contributed by atoms with Crippen molar-refractivity contribution in [2.75, 3.05) is 20.2 Å². The van der Waals surface area contributed by atoms with Gasteiger partial charge in [-0.2, -0.15) is 0 Å². The molecule has 2 atom stereocenters. The first kappa shape index (κ1) is 17.3. The van der Waals surface area contributed by atoms with Gasteiger partial charge in [-0.05, 0) is 50.6 Å². The number of amides is 1. The third-order valence-corrected chi connectivity index (χ3v) is 6.10. The highest BCUT2D eigenvalue weighted by atomic mass is 32.2. The van der Waals surface area contributed by atoms with Crippen LogP contribution in [0, 0.1) is 0 Å². The van der Waals surface area contributed by atoms with E-state index >= 15 is 0 Å². The van der Waals surface area contributed by atoms with Crippen molar-refractivity contribution in [2.24, 2.45) is 0 Å². The van der Waals surface area contributed by atoms with Gasteiger partial charge >= 0.3 is 0 Å². The summed E-state index contributed by atoms with van der Waals surface area (Å²) >= 11 is 0. The van der Waals surface area contributed by atoms with E-state index in [0.29, 0.717) is 18.5 Å². The Morgan fingerprint density at radius 3 is 2.46 bits per heavy atom. The predicted molar refractivity (Wildman–Crippen MR) is 89.2 cm³/mol. The molecule has 1 aliphatic carbocycles. The van der Waals surface area contributed by atoms with Gasteiger partial charge in [0.25, 0.3) is 5.91 Å². The predicted octanol–water partition coefficient (Wildman–Crippen LogP) is -0.0779. The molecular formula is C16H23N3O4S. The molecule has 132 valence electrons. The summed E-state index contributed by atoms with van der Waals surface area (Å²) in [5.41, 5.74) is 0.460. The van der Waals surface area contributed by atoms with Crippen LogP contribution in [0.3, 0.4) is 0 Å². The second-order valence-electron chi connectivity index (χ2n) is 6.60. The molecule has 0 aromatic heterocycles. The standard InChI is InChI=1S/C16H23N3O4S/c1-19-9-13(8-14(19)10-20)18-24(22,23)15-6-2-11(3-7-15)16(21)17-12-4-5-12/h2-3,6-7,12-14,18,20H,4-5,8-10H2,1H3,(H,17,21)/t13-,14+/m1/s1. The highest BCUT2D eigenvalue weighted by molar-refractivity contribution is 7.89. The highest BCUT2D eigenvalue weighted by Gasteiger charge is 2.32. The lowest BCUT2D eigenvalue weighted by Gasteiger charge is -2.15. The number of sulfonamides is 1. The lowest BCUT2D eigenvalue weighted by atomic mass is 10.2. The van der Waals surface area contributed by atoms with Crippen LogP contribution in [0.2, 0.25) is 0 Å². The van der Waals surface area contributed by atoms with Gasteiger partial charge in [-0.3, -0.25) is 9.69 Å². The molecule has 1 aromatic rings. The van der Waals surface area contributed by atoms with E-state index in [-0.39, 0.29) is 35.5 Å². The summed E-state index contributed by atoms with van der Waals surface area (Å²) < 4.78 is 27.6. The molecule has 1 amide bonds. The normalized spacial score (nSPS) is 24.9. The Bertz CT molecular complexity index is 701. The van der Waals surface area contributed by atoms with Gasteiger partial charge in [0.2, 0.25) is 10.0 Å². The Hall–Kier alpha value is -1.48. The molecule has 0 spiro atoms. The molecule has 3 rings (SSSR count). The molecular weight excluding hydrogens is 330 g/mol. The van der Waals surface area contributed by atoms with Crippen LogP contribution >= 0.6 is 0 Å². The number of hydrogen-bond acceptors (Lipinski definition) is 5. The number of benzene rings is 1. The minimum Gasteiger partial charge on any atom is -0.395 e. The molecule has 7 nitrogen and oxygen atoms in total. The average Bonchev–Trinajstić information content (AvgIpc) is 3.29. The fourth-order valence-corrected chi connectivity index (χ4v) is 4.19. The Morgan fingerprint density at radius 2 is 1.92 bits per heavy atom. The third-order valence-electron chi connectivity index (χ3n) is 4.56. The minimum atomic E-state index is -3.64. The first-order chi connectivity index (χ1) is 11.4. The van der Waals surface area contributed by atoms with E-state index in [1.54, 1.807) is 0 Å². The van der Waals surface area contributed by atoms with E-state index in [1.807, 2.05) is 11.9 Å². The number of likely N-dealkylation sites (N-methyl/N-ethyl adjacent to an activating group) is 1. The maximum absolute atomic E-state index is 12.5. The van der Waals surface area contributed by atoms with Crippen molar-refractivity contribution in [3.05, 3.63) is 29.8 Å². The summed E-state index contributed by atoms with van der Waals surface area (Å²) in [4.78, 5) is 14.0. The summed E-state index contributed by atoms with van der Waals surface area (Å²) in [7, 11) is -1.78. The molecule has 1 heterocycles. The zero-order valence-corrected chi connectivity index (χ0v) is 14.4. The van der Waals surface area contributed by atoms with Gasteiger partial charge in [0.1, 0.15) is 0 Å². The van der Waals surface area contributed by atoms with Crippen LogP contribution in [0.1, 0.15) is 29.6 Å². The maximum atomic E-state index is 12.5. The third kappa shape index (κ3) is 3.94. The monoisotopic (exact) mass is 353 g/mol. The molecule has 1 aromatic carbocycles. The van der Waals surface area contributed by atoms with Crippen LogP contribution in [-0.2, 0) is 10.0 Å². The lowest BCUT2D eigenvalue weighted by molar-refractivity contribution is 0.0951. The number of aliphatic hydroxyl groups is 1. The van der Waals surface area contributed by atoms with Crippen molar-refractivity contribution in [3.63, 3.8) is 0 Å². The van der Waals surface area contributed by atoms with E-state index in [4.69, 9.17) is 0 Å². The van der Waals surface area contributed by atoms with Crippen LogP contribution in [-0.4, -0.2) is 62.7 Å². The van der Waals surface area contributed by atoms with Crippen molar-refractivity contribution in [1.29, 1.82) is 0 Å². The first-order valence-electron chi connectivity index (χ1n) is 8.13. The first-order valence-corrected chi connectivity index (χ1v) is 9.61. The Kier molecular flexibility index (Phi) is 4.91. The maximum Gasteiger partial charge on any atom is 0.251 e. The van der Waals surface area contributed by atoms with Gasteiger partial charge < -0.3 is 10.4 Å². The van der Waals surface area contributed by atoms with Crippen molar-refractivity contribution < 1.29 is 18.3 Å². The van der Waals surface area contributed by atoms with Crippen molar-refractivity contribution >= 4 is 15.9 Å². The summed E-state index contributed by atoms with van der Waals surface area (Å²) in [5, 5.41) is 12.1. The minimum absolute atomic E-state index is 0.0134. The average molecular weight is 353 g/mol. The van der Waals surface area contributed by atoms with Gasteiger partial charge in [0.05, 0.1) is 11.5 Å². The molecule has 24 heavy (non-hydrogen) atoms. The molecule has 8 heteroatoms. The van der Waals surface area contributed by atoms with Crippen LogP contribution in [0.4, 0.5) is 0 Å². The molecule has 0 bridgehead atoms. The topological polar surface area (TPSA) is 98.7 Å². The van der Waals surface area contributed by atoms with Crippen LogP contribution < -0.4 is 10.0 Å². The van der Waals surface area contributed by atoms with Gasteiger partial charge in [0, 0.05) is 30.2 Å². The van der Waals surface area contributed by atoms with Crippen LogP contribution in [0.15, 0.2) is 29.2 Å². The summed E-state index contributed by atoms with van der Waals surface area (Å²) in [5.74, 6) is -0.169. The fraction of sp³-hybridized carbons (Fsp3) is 0.562. The fourth-order valence-electron chi connectivity index (χ4n) is 2.95. The number of hydrogen-bond donors (Lipinski definition) is 3. The number of carbonyl (C=O) groups excluding carboxylic acids is 1. The van der Waals surface area contributed by atoms with E-state index in [2.05, 4.69) is 10.0 Å². The highest BCUT2D eigenvalue weighted by Crippen LogP contribution is 2.20. The molecule has 3 N–H and O–H groups in total. The zero-order chi connectivity index (χ0) is 17.3. The molecule has 0 radical (unpaired) electrons. The second-order valence-corrected chi connectivity index (χ2v) is 8.32. The van der Waals surface area contributed by atoms with E-state index in [1.165, 1.54) is 24.3 Å².